The van der Waals surface area contributed by atoms with Crippen molar-refractivity contribution >= 4 is 35.5 Å². The molecule has 2 aliphatic rings. The molecule has 1 saturated heterocycles. The van der Waals surface area contributed by atoms with Gasteiger partial charge in [0.15, 0.2) is 5.82 Å². The van der Waals surface area contributed by atoms with Gasteiger partial charge in [-0.25, -0.2) is 14.6 Å². The zero-order chi connectivity index (χ0) is 48.0. The number of benzene rings is 3. The second kappa shape index (κ2) is 20.4. The van der Waals surface area contributed by atoms with Crippen LogP contribution in [0.3, 0.4) is 0 Å². The number of hydrogen-bond acceptors (Lipinski definition) is 9. The van der Waals surface area contributed by atoms with E-state index in [4.69, 9.17) is 9.84 Å². The van der Waals surface area contributed by atoms with Gasteiger partial charge < -0.3 is 36.0 Å². The van der Waals surface area contributed by atoms with Crippen molar-refractivity contribution in [2.75, 3.05) is 32.0 Å². The number of carbonyl (C=O) groups is 5. The largest absolute Gasteiger partial charge is 0.477 e. The second-order valence-corrected chi connectivity index (χ2v) is 18.2. The van der Waals surface area contributed by atoms with Gasteiger partial charge in [0.25, 0.3) is 5.91 Å². The number of nitrogens with one attached hydrogen (secondary N) is 5. The van der Waals surface area contributed by atoms with Gasteiger partial charge in [-0.15, -0.1) is 0 Å². The highest BCUT2D eigenvalue weighted by molar-refractivity contribution is 5.98. The number of rotatable bonds is 15. The van der Waals surface area contributed by atoms with Gasteiger partial charge in [0.2, 0.25) is 17.6 Å². The van der Waals surface area contributed by atoms with Gasteiger partial charge in [-0.05, 0) is 151 Å². The Labute approximate surface area is 379 Å². The minimum Gasteiger partial charge on any atom is -0.477 e. The zero-order valence-corrected chi connectivity index (χ0v) is 37.5. The van der Waals surface area contributed by atoms with Crippen LogP contribution >= 0.6 is 0 Å². The van der Waals surface area contributed by atoms with Crippen molar-refractivity contribution in [3.8, 4) is 22.5 Å². The van der Waals surface area contributed by atoms with E-state index >= 15 is 0 Å². The molecule has 354 valence electrons. The molecule has 0 bridgehead atoms. The molecule has 6 N–H and O–H groups in total. The monoisotopic (exact) mass is 920 g/mol. The van der Waals surface area contributed by atoms with Gasteiger partial charge in [0, 0.05) is 41.7 Å². The zero-order valence-electron chi connectivity index (χ0n) is 37.5. The first-order chi connectivity index (χ1) is 31.1. The molecule has 3 aromatic carbocycles. The highest BCUT2D eigenvalue weighted by Gasteiger charge is 2.65. The summed E-state index contributed by atoms with van der Waals surface area (Å²) in [6.07, 6.45) is 3.82. The number of halogens is 4. The number of alkyl carbamates (subject to hydrolysis) is 1. The molecule has 15 nitrogen and oxygen atoms in total. The number of H-pyrrole nitrogens is 1. The summed E-state index contributed by atoms with van der Waals surface area (Å²) in [4.78, 5) is 69.4. The summed E-state index contributed by atoms with van der Waals surface area (Å²) in [6, 6.07) is 17.7. The highest BCUT2D eigenvalue weighted by Crippen LogP contribution is 2.42. The van der Waals surface area contributed by atoms with Crippen LogP contribution in [0.1, 0.15) is 86.6 Å². The summed E-state index contributed by atoms with van der Waals surface area (Å²) in [5.41, 5.74) is 3.74. The number of carbonyl (C=O) groups excluding carboxylic acids is 4. The highest BCUT2D eigenvalue weighted by atomic mass is 19.3. The van der Waals surface area contributed by atoms with Crippen LogP contribution < -0.4 is 21.3 Å². The minimum absolute atomic E-state index is 0.0903. The Morgan fingerprint density at radius 3 is 2.12 bits per heavy atom. The average Bonchev–Trinajstić information content (AvgIpc) is 3.78. The lowest BCUT2D eigenvalue weighted by molar-refractivity contribution is -0.231. The number of piperidine rings is 1. The Morgan fingerprint density at radius 2 is 1.52 bits per heavy atom. The Balaban J connectivity index is 1.13. The Bertz CT molecular complexity index is 2370. The number of aromatic nitrogens is 3. The second-order valence-electron chi connectivity index (χ2n) is 18.2. The van der Waals surface area contributed by atoms with Gasteiger partial charge >= 0.3 is 23.9 Å². The van der Waals surface area contributed by atoms with Crippen LogP contribution in [0.4, 0.5) is 28.0 Å². The predicted octanol–water partition coefficient (Wildman–Crippen LogP) is 7.08. The normalized spacial score (nSPS) is 17.9. The van der Waals surface area contributed by atoms with Crippen molar-refractivity contribution in [3.05, 3.63) is 89.2 Å². The third kappa shape index (κ3) is 12.3. The van der Waals surface area contributed by atoms with Gasteiger partial charge in [-0.1, -0.05) is 30.3 Å². The molecule has 1 aliphatic carbocycles. The van der Waals surface area contributed by atoms with E-state index in [9.17, 15) is 41.5 Å². The molecule has 4 aromatic rings. The van der Waals surface area contributed by atoms with E-state index < -0.39 is 53.1 Å². The molecule has 1 saturated carbocycles. The van der Waals surface area contributed by atoms with E-state index in [0.29, 0.717) is 37.8 Å². The summed E-state index contributed by atoms with van der Waals surface area (Å²) in [5, 5.41) is 25.5. The lowest BCUT2D eigenvalue weighted by Crippen LogP contribution is -2.48. The Hall–Kier alpha value is -6.37. The smallest absolute Gasteiger partial charge is 0.411 e. The van der Waals surface area contributed by atoms with Crippen LogP contribution in [0.15, 0.2) is 66.7 Å². The topological polar surface area (TPSA) is 208 Å². The summed E-state index contributed by atoms with van der Waals surface area (Å²) in [7, 11) is 2.07. The first kappa shape index (κ1) is 49.1. The molecule has 4 amide bonds. The predicted molar refractivity (Wildman–Crippen MR) is 237 cm³/mol. The minimum atomic E-state index is -5.45. The summed E-state index contributed by atoms with van der Waals surface area (Å²) >= 11 is 0. The fourth-order valence-electron chi connectivity index (χ4n) is 8.02. The molecule has 19 heteroatoms. The first-order valence-corrected chi connectivity index (χ1v) is 21.9. The number of likely N-dealkylation sites (tertiary alicyclic amines) is 1. The molecule has 66 heavy (non-hydrogen) atoms. The van der Waals surface area contributed by atoms with E-state index in [2.05, 4.69) is 43.3 Å². The summed E-state index contributed by atoms with van der Waals surface area (Å²) < 4.78 is 61.5. The molecule has 2 fully saturated rings. The maximum Gasteiger partial charge on any atom is 0.411 e. The number of amides is 4. The van der Waals surface area contributed by atoms with Gasteiger partial charge in [-0.3, -0.25) is 19.5 Å². The molecule has 6 rings (SSSR count). The summed E-state index contributed by atoms with van der Waals surface area (Å²) in [5.74, 6) is -17.0. The number of carboxylic acid groups (broad SMARTS) is 1. The van der Waals surface area contributed by atoms with Crippen LogP contribution in [0, 0.1) is 18.8 Å². The van der Waals surface area contributed by atoms with Crippen LogP contribution in [-0.2, 0) is 31.5 Å². The van der Waals surface area contributed by atoms with E-state index in [1.54, 1.807) is 31.9 Å². The van der Waals surface area contributed by atoms with Crippen molar-refractivity contribution < 1.29 is 51.4 Å². The average molecular weight is 921 g/mol. The van der Waals surface area contributed by atoms with E-state index in [-0.39, 0.29) is 47.4 Å². The molecular weight excluding hydrogens is 865 g/mol. The lowest BCUT2D eigenvalue weighted by Gasteiger charge is -2.29. The van der Waals surface area contributed by atoms with Gasteiger partial charge in [0.05, 0.1) is 0 Å². The molecular formula is C47H56F4N8O7. The standard InChI is InChI=1S/C47H56F4N8O7/c1-27-24-33(40(61)53-35-20-22-59(5)23-21-35)16-19-36(27)30-10-6-28(7-11-30)25-37(55-39(60)32-12-8-29(9-13-32)26-52-44(65)66-45(2,3)4)41(62)54-34-17-14-31(15-18-34)38-56-42(58-57-38)46(48,49)47(50,51)43(63)64/h6-7,10-11,14-19,24,29,32,35,37H,8-9,12-13,20-23,25-26H2,1-5H3,(H,52,65)(H,53,61)(H,54,62)(H,55,60)(H,63,64)(H,56,57,58)/t29?,32?,37-/m0/s1. The van der Waals surface area contributed by atoms with Crippen molar-refractivity contribution in [2.45, 2.75) is 102 Å². The van der Waals surface area contributed by atoms with Crippen molar-refractivity contribution in [1.82, 2.24) is 36.0 Å². The molecule has 0 unspecified atom stereocenters. The van der Waals surface area contributed by atoms with Crippen molar-refractivity contribution in [2.24, 2.45) is 11.8 Å². The molecule has 1 aliphatic heterocycles. The van der Waals surface area contributed by atoms with Crippen LogP contribution in [-0.4, -0.2) is 105 Å². The number of alkyl halides is 4. The van der Waals surface area contributed by atoms with Crippen molar-refractivity contribution in [3.63, 3.8) is 0 Å². The quantitative estimate of drug-likeness (QED) is 0.0668. The van der Waals surface area contributed by atoms with Gasteiger partial charge in [0.1, 0.15) is 11.6 Å². The van der Waals surface area contributed by atoms with Crippen LogP contribution in [0.2, 0.25) is 0 Å². The Kier molecular flexibility index (Phi) is 15.2. The number of aryl methyl sites for hydroxylation is 1. The third-order valence-electron chi connectivity index (χ3n) is 11.9. The number of nitrogens with zero attached hydrogens (tertiary/aromatic N) is 3. The van der Waals surface area contributed by atoms with Gasteiger partial charge in [-0.2, -0.15) is 22.7 Å². The van der Waals surface area contributed by atoms with Crippen molar-refractivity contribution in [1.29, 1.82) is 0 Å². The lowest BCUT2D eigenvalue weighted by atomic mass is 9.81. The number of anilines is 1. The number of hydrogen-bond donors (Lipinski definition) is 6. The third-order valence-corrected chi connectivity index (χ3v) is 11.9. The molecule has 0 spiro atoms. The summed E-state index contributed by atoms with van der Waals surface area (Å²) in [6.45, 7) is 9.55. The van der Waals surface area contributed by atoms with E-state index in [1.807, 2.05) is 43.3 Å². The molecule has 1 atom stereocenters. The number of carboxylic acids is 1. The fourth-order valence-corrected chi connectivity index (χ4v) is 8.02. The Morgan fingerprint density at radius 1 is 0.879 bits per heavy atom. The van der Waals surface area contributed by atoms with E-state index in [0.717, 1.165) is 48.2 Å². The molecule has 1 aromatic heterocycles. The van der Waals surface area contributed by atoms with Crippen LogP contribution in [0.5, 0.6) is 0 Å². The van der Waals surface area contributed by atoms with Crippen LogP contribution in [0.25, 0.3) is 22.5 Å². The van der Waals surface area contributed by atoms with E-state index in [1.165, 1.54) is 24.3 Å². The first-order valence-electron chi connectivity index (χ1n) is 21.9. The maximum absolute atomic E-state index is 14.3. The number of aromatic amines is 1. The number of ether oxygens (including phenoxy) is 1. The number of aliphatic carboxylic acids is 1. The molecule has 2 heterocycles. The molecule has 0 radical (unpaired) electrons. The maximum atomic E-state index is 14.3. The SMILES string of the molecule is Cc1cc(C(=O)NC2CCN(C)CC2)ccc1-c1ccc(C[C@H](NC(=O)C2CCC(CNC(=O)OC(C)(C)C)CC2)C(=O)Nc2ccc(-c3n[nH]c(C(F)(F)C(F)(F)C(=O)O)n3)cc2)cc1. The fraction of sp³-hybridized carbons (Fsp3) is 0.468.